The minimum Gasteiger partial charge on any atom is -0.325 e. The highest BCUT2D eigenvalue weighted by Gasteiger charge is 2.20. The summed E-state index contributed by atoms with van der Waals surface area (Å²) < 4.78 is 2.24. The maximum absolute atomic E-state index is 12.6. The quantitative estimate of drug-likeness (QED) is 0.705. The molecule has 0 radical (unpaired) electrons. The van der Waals surface area contributed by atoms with Crippen LogP contribution in [0.1, 0.15) is 49.2 Å². The first-order valence-electron chi connectivity index (χ1n) is 8.92. The fourth-order valence-electron chi connectivity index (χ4n) is 2.69. The summed E-state index contributed by atoms with van der Waals surface area (Å²) in [6.45, 7) is 13.3. The summed E-state index contributed by atoms with van der Waals surface area (Å²) >= 11 is 1.53. The molecule has 136 valence electrons. The average Bonchev–Trinajstić information content (AvgIpc) is 2.82. The smallest absolute Gasteiger partial charge is 0.237 e. The molecule has 1 N–H and O–H groups in total. The SMILES string of the molecule is CCCCn1c(SC(C)C(=O)Nc2ccc(C)cc2C)nc(C)c1C. The van der Waals surface area contributed by atoms with Crippen LogP contribution in [0.3, 0.4) is 0 Å². The van der Waals surface area contributed by atoms with Gasteiger partial charge in [-0.05, 0) is 52.7 Å². The normalized spacial score (nSPS) is 12.2. The molecule has 5 heteroatoms. The van der Waals surface area contributed by atoms with E-state index >= 15 is 0 Å². The Balaban J connectivity index is 2.09. The van der Waals surface area contributed by atoms with Crippen molar-refractivity contribution in [1.82, 2.24) is 9.55 Å². The summed E-state index contributed by atoms with van der Waals surface area (Å²) in [7, 11) is 0. The van der Waals surface area contributed by atoms with Crippen LogP contribution in [0.2, 0.25) is 0 Å². The van der Waals surface area contributed by atoms with Crippen molar-refractivity contribution in [3.63, 3.8) is 0 Å². The zero-order chi connectivity index (χ0) is 18.6. The van der Waals surface area contributed by atoms with E-state index in [4.69, 9.17) is 0 Å². The molecule has 1 aromatic heterocycles. The first-order valence-corrected chi connectivity index (χ1v) is 9.80. The van der Waals surface area contributed by atoms with Crippen molar-refractivity contribution in [1.29, 1.82) is 0 Å². The molecule has 1 heterocycles. The molecule has 2 rings (SSSR count). The highest BCUT2D eigenvalue weighted by molar-refractivity contribution is 8.00. The molecule has 0 aliphatic heterocycles. The van der Waals surface area contributed by atoms with Gasteiger partial charge in [-0.2, -0.15) is 0 Å². The molecule has 1 unspecified atom stereocenters. The van der Waals surface area contributed by atoms with Crippen molar-refractivity contribution < 1.29 is 4.79 Å². The predicted molar refractivity (Wildman–Crippen MR) is 106 cm³/mol. The number of hydrogen-bond acceptors (Lipinski definition) is 3. The number of rotatable bonds is 7. The van der Waals surface area contributed by atoms with Gasteiger partial charge in [0.15, 0.2) is 5.16 Å². The number of nitrogens with one attached hydrogen (secondary N) is 1. The Labute approximate surface area is 155 Å². The molecule has 0 saturated carbocycles. The highest BCUT2D eigenvalue weighted by Crippen LogP contribution is 2.27. The topological polar surface area (TPSA) is 46.9 Å². The zero-order valence-electron chi connectivity index (χ0n) is 16.1. The van der Waals surface area contributed by atoms with Crippen molar-refractivity contribution in [2.24, 2.45) is 0 Å². The Bertz CT molecular complexity index is 752. The van der Waals surface area contributed by atoms with Crippen LogP contribution in [0.25, 0.3) is 0 Å². The third-order valence-corrected chi connectivity index (χ3v) is 5.54. The lowest BCUT2D eigenvalue weighted by Crippen LogP contribution is -2.23. The van der Waals surface area contributed by atoms with Gasteiger partial charge in [-0.25, -0.2) is 4.98 Å². The molecule has 0 saturated heterocycles. The molecular formula is C20H29N3OS. The summed E-state index contributed by atoms with van der Waals surface area (Å²) in [4.78, 5) is 17.3. The van der Waals surface area contributed by atoms with Gasteiger partial charge in [-0.3, -0.25) is 4.79 Å². The van der Waals surface area contributed by atoms with Gasteiger partial charge in [-0.15, -0.1) is 0 Å². The van der Waals surface area contributed by atoms with E-state index < -0.39 is 0 Å². The number of nitrogens with zero attached hydrogens (tertiary/aromatic N) is 2. The monoisotopic (exact) mass is 359 g/mol. The average molecular weight is 360 g/mol. The second-order valence-electron chi connectivity index (χ2n) is 6.64. The molecule has 25 heavy (non-hydrogen) atoms. The number of aryl methyl sites for hydroxylation is 3. The van der Waals surface area contributed by atoms with Crippen LogP contribution in [0.4, 0.5) is 5.69 Å². The van der Waals surface area contributed by atoms with E-state index in [0.717, 1.165) is 41.5 Å². The van der Waals surface area contributed by atoms with Gasteiger partial charge in [0, 0.05) is 17.9 Å². The number of carbonyl (C=O) groups excluding carboxylic acids is 1. The van der Waals surface area contributed by atoms with Crippen molar-refractivity contribution in [3.05, 3.63) is 40.7 Å². The van der Waals surface area contributed by atoms with E-state index in [1.165, 1.54) is 23.0 Å². The Morgan fingerprint density at radius 3 is 2.64 bits per heavy atom. The molecule has 0 aliphatic rings. The van der Waals surface area contributed by atoms with Crippen molar-refractivity contribution in [2.75, 3.05) is 5.32 Å². The summed E-state index contributed by atoms with van der Waals surface area (Å²) in [6.07, 6.45) is 2.26. The number of benzene rings is 1. The fraction of sp³-hybridized carbons (Fsp3) is 0.500. The lowest BCUT2D eigenvalue weighted by atomic mass is 10.1. The molecule has 1 amide bonds. The van der Waals surface area contributed by atoms with Gasteiger partial charge in [0.1, 0.15) is 0 Å². The lowest BCUT2D eigenvalue weighted by molar-refractivity contribution is -0.115. The number of amides is 1. The summed E-state index contributed by atoms with van der Waals surface area (Å²) in [6, 6.07) is 6.07. The van der Waals surface area contributed by atoms with Gasteiger partial charge < -0.3 is 9.88 Å². The van der Waals surface area contributed by atoms with Crippen molar-refractivity contribution >= 4 is 23.4 Å². The molecule has 1 aromatic carbocycles. The first-order chi connectivity index (χ1) is 11.8. The van der Waals surface area contributed by atoms with Crippen LogP contribution in [0.5, 0.6) is 0 Å². The number of carbonyl (C=O) groups is 1. The van der Waals surface area contributed by atoms with E-state index in [1.807, 2.05) is 32.9 Å². The highest BCUT2D eigenvalue weighted by atomic mass is 32.2. The zero-order valence-corrected chi connectivity index (χ0v) is 17.0. The molecule has 0 fully saturated rings. The van der Waals surface area contributed by atoms with Gasteiger partial charge in [0.25, 0.3) is 0 Å². The standard InChI is InChI=1S/C20H29N3OS/c1-7-8-11-23-16(5)15(4)21-20(23)25-17(6)19(24)22-18-10-9-13(2)12-14(18)3/h9-10,12,17H,7-8,11H2,1-6H3,(H,22,24). The van der Waals surface area contributed by atoms with Gasteiger partial charge >= 0.3 is 0 Å². The molecule has 0 aliphatic carbocycles. The van der Waals surface area contributed by atoms with Crippen LogP contribution >= 0.6 is 11.8 Å². The molecule has 0 spiro atoms. The third-order valence-electron chi connectivity index (χ3n) is 4.45. The Kier molecular flexibility index (Phi) is 6.71. The summed E-state index contributed by atoms with van der Waals surface area (Å²) in [5, 5.41) is 3.78. The van der Waals surface area contributed by atoms with Gasteiger partial charge in [0.05, 0.1) is 10.9 Å². The van der Waals surface area contributed by atoms with Gasteiger partial charge in [0.2, 0.25) is 5.91 Å². The third kappa shape index (κ3) is 4.88. The van der Waals surface area contributed by atoms with Crippen LogP contribution < -0.4 is 5.32 Å². The second kappa shape index (κ2) is 8.56. The Morgan fingerprint density at radius 2 is 2.00 bits per heavy atom. The number of thioether (sulfide) groups is 1. The summed E-state index contributed by atoms with van der Waals surface area (Å²) in [5.41, 5.74) is 5.40. The van der Waals surface area contributed by atoms with E-state index in [1.54, 1.807) is 0 Å². The molecule has 1 atom stereocenters. The van der Waals surface area contributed by atoms with E-state index in [-0.39, 0.29) is 11.2 Å². The number of aromatic nitrogens is 2. The molecule has 4 nitrogen and oxygen atoms in total. The summed E-state index contributed by atoms with van der Waals surface area (Å²) in [5.74, 6) is 0.0114. The van der Waals surface area contributed by atoms with Crippen molar-refractivity contribution in [2.45, 2.75) is 71.3 Å². The maximum Gasteiger partial charge on any atom is 0.237 e. The molecule has 2 aromatic rings. The minimum atomic E-state index is -0.206. The van der Waals surface area contributed by atoms with Crippen LogP contribution in [0.15, 0.2) is 23.4 Å². The van der Waals surface area contributed by atoms with Crippen LogP contribution in [0, 0.1) is 27.7 Å². The maximum atomic E-state index is 12.6. The number of imidazole rings is 1. The van der Waals surface area contributed by atoms with Crippen molar-refractivity contribution in [3.8, 4) is 0 Å². The number of unbranched alkanes of at least 4 members (excludes halogenated alkanes) is 1. The minimum absolute atomic E-state index is 0.0114. The predicted octanol–water partition coefficient (Wildman–Crippen LogP) is 5.04. The number of anilines is 1. The molecule has 0 bridgehead atoms. The van der Waals surface area contributed by atoms with E-state index in [2.05, 4.69) is 41.7 Å². The molecular weight excluding hydrogens is 330 g/mol. The van der Waals surface area contributed by atoms with Crippen LogP contribution in [-0.2, 0) is 11.3 Å². The van der Waals surface area contributed by atoms with E-state index in [0.29, 0.717) is 0 Å². The first kappa shape index (κ1) is 19.6. The Morgan fingerprint density at radius 1 is 1.28 bits per heavy atom. The fourth-order valence-corrected chi connectivity index (χ4v) is 3.72. The number of hydrogen-bond donors (Lipinski definition) is 1. The second-order valence-corrected chi connectivity index (χ2v) is 7.95. The lowest BCUT2D eigenvalue weighted by Gasteiger charge is -2.15. The largest absolute Gasteiger partial charge is 0.325 e. The van der Waals surface area contributed by atoms with Crippen LogP contribution in [-0.4, -0.2) is 20.7 Å². The van der Waals surface area contributed by atoms with E-state index in [9.17, 15) is 4.79 Å². The van der Waals surface area contributed by atoms with Gasteiger partial charge in [-0.1, -0.05) is 42.8 Å². The Hall–Kier alpha value is -1.75.